The number of ether oxygens (including phenoxy) is 1. The minimum Gasteiger partial charge on any atom is -0.495 e. The van der Waals surface area contributed by atoms with E-state index in [-0.39, 0.29) is 34.1 Å². The summed E-state index contributed by atoms with van der Waals surface area (Å²) in [5, 5.41) is 4.02. The Balaban J connectivity index is 1.76. The highest BCUT2D eigenvalue weighted by Gasteiger charge is 2.35. The number of hydrogen-bond donors (Lipinski definition) is 1. The summed E-state index contributed by atoms with van der Waals surface area (Å²) in [6, 6.07) is 14.9. The zero-order chi connectivity index (χ0) is 32.0. The molecule has 1 atom stereocenters. The van der Waals surface area contributed by atoms with Crippen LogP contribution in [0.25, 0.3) is 0 Å². The van der Waals surface area contributed by atoms with Crippen molar-refractivity contribution in [3.63, 3.8) is 0 Å². The Morgan fingerprint density at radius 3 is 2.25 bits per heavy atom. The quantitative estimate of drug-likeness (QED) is 0.222. The van der Waals surface area contributed by atoms with E-state index in [9.17, 15) is 18.0 Å². The molecule has 0 aromatic heterocycles. The number of aryl methyl sites for hydroxylation is 1. The average Bonchev–Trinajstić information content (AvgIpc) is 3.50. The monoisotopic (exact) mass is 679 g/mol. The highest BCUT2D eigenvalue weighted by Crippen LogP contribution is 2.33. The Labute approximate surface area is 274 Å². The van der Waals surface area contributed by atoms with Gasteiger partial charge in [-0.3, -0.25) is 13.9 Å². The molecule has 8 nitrogen and oxygen atoms in total. The van der Waals surface area contributed by atoms with Crippen molar-refractivity contribution in [3.8, 4) is 5.75 Å². The van der Waals surface area contributed by atoms with Gasteiger partial charge in [0.15, 0.2) is 0 Å². The smallest absolute Gasteiger partial charge is 0.264 e. The molecule has 1 N–H and O–H groups in total. The molecular weight excluding hydrogens is 645 g/mol. The standard InChI is InChI=1S/C32H36Cl3N3O5S/c1-4-29(32(40)36-24-7-5-6-8-24)37(19-22-11-12-23(33)17-27(22)34)31(39)20-38(25-13-16-30(43-3)28(35)18-25)44(41,42)26-14-9-21(2)10-15-26/h9-18,24,29H,4-8,19-20H2,1-3H3,(H,36,40). The molecule has 44 heavy (non-hydrogen) atoms. The van der Waals surface area contributed by atoms with Crippen LogP contribution in [0, 0.1) is 6.92 Å². The third-order valence-corrected chi connectivity index (χ3v) is 10.4. The number of halogens is 3. The van der Waals surface area contributed by atoms with E-state index < -0.39 is 28.5 Å². The highest BCUT2D eigenvalue weighted by atomic mass is 35.5. The lowest BCUT2D eigenvalue weighted by atomic mass is 10.1. The summed E-state index contributed by atoms with van der Waals surface area (Å²) in [4.78, 5) is 29.3. The van der Waals surface area contributed by atoms with E-state index in [1.165, 1.54) is 42.3 Å². The summed E-state index contributed by atoms with van der Waals surface area (Å²) < 4.78 is 34.4. The normalized spacial score (nSPS) is 14.2. The van der Waals surface area contributed by atoms with Gasteiger partial charge in [-0.2, -0.15) is 0 Å². The number of sulfonamides is 1. The number of hydrogen-bond acceptors (Lipinski definition) is 5. The Hall–Kier alpha value is -2.98. The fourth-order valence-corrected chi connectivity index (χ4v) is 7.42. The fourth-order valence-electron chi connectivity index (χ4n) is 5.30. The van der Waals surface area contributed by atoms with Crippen molar-refractivity contribution in [2.45, 2.75) is 69.5 Å². The Kier molecular flexibility index (Phi) is 11.5. The van der Waals surface area contributed by atoms with E-state index in [4.69, 9.17) is 39.5 Å². The van der Waals surface area contributed by atoms with Crippen molar-refractivity contribution in [1.82, 2.24) is 10.2 Å². The molecule has 1 aliphatic carbocycles. The highest BCUT2D eigenvalue weighted by molar-refractivity contribution is 7.92. The van der Waals surface area contributed by atoms with Crippen LogP contribution < -0.4 is 14.4 Å². The average molecular weight is 681 g/mol. The van der Waals surface area contributed by atoms with Crippen molar-refractivity contribution >= 4 is 62.3 Å². The molecule has 4 rings (SSSR count). The van der Waals surface area contributed by atoms with Gasteiger partial charge in [-0.05, 0) is 74.2 Å². The van der Waals surface area contributed by atoms with Crippen LogP contribution in [-0.2, 0) is 26.2 Å². The van der Waals surface area contributed by atoms with Crippen molar-refractivity contribution in [2.75, 3.05) is 18.0 Å². The fraction of sp³-hybridized carbons (Fsp3) is 0.375. The first-order valence-corrected chi connectivity index (χ1v) is 17.0. The van der Waals surface area contributed by atoms with Gasteiger partial charge in [0.05, 0.1) is 22.7 Å². The Morgan fingerprint density at radius 2 is 1.66 bits per heavy atom. The summed E-state index contributed by atoms with van der Waals surface area (Å²) in [5.41, 5.74) is 1.61. The lowest BCUT2D eigenvalue weighted by Crippen LogP contribution is -2.53. The second-order valence-electron chi connectivity index (χ2n) is 10.8. The largest absolute Gasteiger partial charge is 0.495 e. The summed E-state index contributed by atoms with van der Waals surface area (Å²) in [6.45, 7) is 3.03. The molecule has 0 spiro atoms. The molecule has 1 saturated carbocycles. The van der Waals surface area contributed by atoms with E-state index in [0.717, 1.165) is 35.6 Å². The van der Waals surface area contributed by atoms with Crippen molar-refractivity contribution < 1.29 is 22.7 Å². The molecule has 1 aliphatic rings. The number of nitrogens with one attached hydrogen (secondary N) is 1. The van der Waals surface area contributed by atoms with Crippen LogP contribution in [-0.4, -0.2) is 50.9 Å². The summed E-state index contributed by atoms with van der Waals surface area (Å²) >= 11 is 19.0. The third kappa shape index (κ3) is 7.99. The zero-order valence-corrected chi connectivity index (χ0v) is 27.9. The maximum absolute atomic E-state index is 14.3. The second-order valence-corrected chi connectivity index (χ2v) is 13.9. The number of amides is 2. The predicted octanol–water partition coefficient (Wildman–Crippen LogP) is 7.03. The Morgan fingerprint density at radius 1 is 0.977 bits per heavy atom. The van der Waals surface area contributed by atoms with Crippen LogP contribution >= 0.6 is 34.8 Å². The van der Waals surface area contributed by atoms with E-state index in [2.05, 4.69) is 5.32 Å². The summed E-state index contributed by atoms with van der Waals surface area (Å²) in [7, 11) is -2.80. The van der Waals surface area contributed by atoms with Gasteiger partial charge < -0.3 is 15.0 Å². The van der Waals surface area contributed by atoms with E-state index in [0.29, 0.717) is 27.8 Å². The van der Waals surface area contributed by atoms with Gasteiger partial charge in [0, 0.05) is 22.6 Å². The van der Waals surface area contributed by atoms with Crippen LogP contribution in [0.3, 0.4) is 0 Å². The van der Waals surface area contributed by atoms with Gasteiger partial charge in [0.25, 0.3) is 10.0 Å². The van der Waals surface area contributed by atoms with Gasteiger partial charge in [0.1, 0.15) is 18.3 Å². The maximum Gasteiger partial charge on any atom is 0.264 e. The van der Waals surface area contributed by atoms with Gasteiger partial charge in [0.2, 0.25) is 11.8 Å². The minimum absolute atomic E-state index is 0.00107. The minimum atomic E-state index is -4.25. The van der Waals surface area contributed by atoms with E-state index in [1.807, 2.05) is 13.8 Å². The second kappa shape index (κ2) is 14.9. The molecule has 0 heterocycles. The molecule has 12 heteroatoms. The van der Waals surface area contributed by atoms with Crippen LogP contribution in [0.5, 0.6) is 5.75 Å². The molecular formula is C32H36Cl3N3O5S. The van der Waals surface area contributed by atoms with Gasteiger partial charge in [-0.15, -0.1) is 0 Å². The number of rotatable bonds is 12. The number of nitrogens with zero attached hydrogens (tertiary/aromatic N) is 2. The lowest BCUT2D eigenvalue weighted by Gasteiger charge is -2.34. The van der Waals surface area contributed by atoms with Crippen LogP contribution in [0.2, 0.25) is 15.1 Å². The van der Waals surface area contributed by atoms with Crippen LogP contribution in [0.1, 0.15) is 50.2 Å². The summed E-state index contributed by atoms with van der Waals surface area (Å²) in [5.74, 6) is -0.534. The first kappa shape index (κ1) is 33.9. The molecule has 0 bridgehead atoms. The maximum atomic E-state index is 14.3. The summed E-state index contributed by atoms with van der Waals surface area (Å²) in [6.07, 6.45) is 4.11. The van der Waals surface area contributed by atoms with Gasteiger partial charge in [-0.25, -0.2) is 8.42 Å². The number of anilines is 1. The number of carbonyl (C=O) groups excluding carboxylic acids is 2. The van der Waals surface area contributed by atoms with Crippen molar-refractivity contribution in [2.24, 2.45) is 0 Å². The van der Waals surface area contributed by atoms with Crippen LogP contribution in [0.15, 0.2) is 65.6 Å². The lowest BCUT2D eigenvalue weighted by molar-refractivity contribution is -0.140. The molecule has 1 unspecified atom stereocenters. The SMILES string of the molecule is CCC(C(=O)NC1CCCC1)N(Cc1ccc(Cl)cc1Cl)C(=O)CN(c1ccc(OC)c(Cl)c1)S(=O)(=O)c1ccc(C)cc1. The van der Waals surface area contributed by atoms with Gasteiger partial charge >= 0.3 is 0 Å². The topological polar surface area (TPSA) is 96.0 Å². The first-order valence-electron chi connectivity index (χ1n) is 14.4. The van der Waals surface area contributed by atoms with E-state index >= 15 is 0 Å². The molecule has 0 aliphatic heterocycles. The number of benzene rings is 3. The molecule has 1 fully saturated rings. The number of carbonyl (C=O) groups is 2. The molecule has 0 radical (unpaired) electrons. The molecule has 2 amide bonds. The zero-order valence-electron chi connectivity index (χ0n) is 24.9. The molecule has 236 valence electrons. The first-order chi connectivity index (χ1) is 20.9. The van der Waals surface area contributed by atoms with Crippen molar-refractivity contribution in [1.29, 1.82) is 0 Å². The van der Waals surface area contributed by atoms with Gasteiger partial charge in [-0.1, -0.05) is 78.3 Å². The number of methoxy groups -OCH3 is 1. The van der Waals surface area contributed by atoms with E-state index in [1.54, 1.807) is 30.3 Å². The predicted molar refractivity (Wildman–Crippen MR) is 175 cm³/mol. The third-order valence-electron chi connectivity index (χ3n) is 7.75. The Bertz CT molecular complexity index is 1600. The molecule has 0 saturated heterocycles. The van der Waals surface area contributed by atoms with Crippen molar-refractivity contribution in [3.05, 3.63) is 86.9 Å². The van der Waals surface area contributed by atoms with Crippen LogP contribution in [0.4, 0.5) is 5.69 Å². The molecule has 3 aromatic carbocycles. The molecule has 3 aromatic rings.